The summed E-state index contributed by atoms with van der Waals surface area (Å²) in [5.41, 5.74) is 1.74. The Morgan fingerprint density at radius 3 is 2.88 bits per heavy atom. The lowest BCUT2D eigenvalue weighted by Gasteiger charge is -2.24. The van der Waals surface area contributed by atoms with Crippen LogP contribution in [-0.4, -0.2) is 34.3 Å². The number of anilines is 2. The Bertz CT molecular complexity index is 725. The Balaban J connectivity index is 1.73. The number of hydrogen-bond acceptors (Lipinski definition) is 6. The summed E-state index contributed by atoms with van der Waals surface area (Å²) in [7, 11) is 0. The highest BCUT2D eigenvalue weighted by atomic mass is 16.3. The van der Waals surface area contributed by atoms with Gasteiger partial charge in [-0.25, -0.2) is 9.97 Å². The Morgan fingerprint density at radius 1 is 1.38 bits per heavy atom. The van der Waals surface area contributed by atoms with E-state index in [0.29, 0.717) is 5.56 Å². The van der Waals surface area contributed by atoms with Crippen molar-refractivity contribution < 1.29 is 5.11 Å². The third kappa shape index (κ3) is 3.47. The fraction of sp³-hybridized carbons (Fsp3) is 0.389. The van der Waals surface area contributed by atoms with Crippen molar-refractivity contribution in [2.75, 3.05) is 23.4 Å². The van der Waals surface area contributed by atoms with Crippen LogP contribution in [0.25, 0.3) is 0 Å². The quantitative estimate of drug-likeness (QED) is 0.879. The summed E-state index contributed by atoms with van der Waals surface area (Å²) >= 11 is 0. The molecule has 1 aliphatic heterocycles. The first-order valence-corrected chi connectivity index (χ1v) is 8.17. The topological polar surface area (TPSA) is 85.1 Å². The molecule has 2 atom stereocenters. The molecule has 0 spiro atoms. The summed E-state index contributed by atoms with van der Waals surface area (Å²) in [5, 5.41) is 21.7. The van der Waals surface area contributed by atoms with Crippen LogP contribution in [0.5, 0.6) is 0 Å². The molecule has 2 N–H and O–H groups in total. The second kappa shape index (κ2) is 7.28. The van der Waals surface area contributed by atoms with Gasteiger partial charge >= 0.3 is 0 Å². The van der Waals surface area contributed by atoms with E-state index >= 15 is 0 Å². The fourth-order valence-corrected chi connectivity index (χ4v) is 3.06. The van der Waals surface area contributed by atoms with E-state index in [4.69, 9.17) is 5.26 Å². The predicted molar refractivity (Wildman–Crippen MR) is 92.7 cm³/mol. The molecule has 0 radical (unpaired) electrons. The first-order chi connectivity index (χ1) is 11.7. The van der Waals surface area contributed by atoms with Crippen LogP contribution in [0.3, 0.4) is 0 Å². The molecule has 1 fully saturated rings. The average Bonchev–Trinajstić information content (AvgIpc) is 3.11. The highest BCUT2D eigenvalue weighted by Crippen LogP contribution is 2.26. The smallest absolute Gasteiger partial charge is 0.134 e. The summed E-state index contributed by atoms with van der Waals surface area (Å²) < 4.78 is 0. The van der Waals surface area contributed by atoms with Crippen LogP contribution >= 0.6 is 0 Å². The van der Waals surface area contributed by atoms with Crippen LogP contribution in [0.2, 0.25) is 0 Å². The molecule has 6 heteroatoms. The van der Waals surface area contributed by atoms with Gasteiger partial charge in [0.25, 0.3) is 0 Å². The lowest BCUT2D eigenvalue weighted by atomic mass is 10.1. The maximum absolute atomic E-state index is 9.48. The molecule has 1 saturated heterocycles. The molecule has 2 aromatic rings. The van der Waals surface area contributed by atoms with E-state index in [-0.39, 0.29) is 18.7 Å². The van der Waals surface area contributed by atoms with E-state index in [1.165, 1.54) is 0 Å². The van der Waals surface area contributed by atoms with Crippen molar-refractivity contribution in [1.29, 1.82) is 5.26 Å². The van der Waals surface area contributed by atoms with E-state index < -0.39 is 0 Å². The van der Waals surface area contributed by atoms with Crippen LogP contribution in [0.1, 0.15) is 36.9 Å². The number of nitrogens with zero attached hydrogens (tertiary/aromatic N) is 4. The first kappa shape index (κ1) is 16.2. The molecular weight excluding hydrogens is 302 g/mol. The monoisotopic (exact) mass is 323 g/mol. The highest BCUT2D eigenvalue weighted by molar-refractivity contribution is 5.51. The molecule has 0 saturated carbocycles. The van der Waals surface area contributed by atoms with Crippen molar-refractivity contribution in [1.82, 2.24) is 9.97 Å². The van der Waals surface area contributed by atoms with Crippen LogP contribution in [0.4, 0.5) is 11.6 Å². The molecule has 0 amide bonds. The van der Waals surface area contributed by atoms with Crippen LogP contribution in [0.15, 0.2) is 36.7 Å². The van der Waals surface area contributed by atoms with Crippen molar-refractivity contribution in [2.45, 2.75) is 31.8 Å². The maximum Gasteiger partial charge on any atom is 0.134 e. The minimum atomic E-state index is 0.0627. The molecule has 24 heavy (non-hydrogen) atoms. The van der Waals surface area contributed by atoms with E-state index in [1.54, 1.807) is 6.33 Å². The minimum Gasteiger partial charge on any atom is -0.394 e. The van der Waals surface area contributed by atoms with E-state index in [9.17, 15) is 5.11 Å². The number of rotatable bonds is 5. The number of hydrogen-bond donors (Lipinski definition) is 2. The lowest BCUT2D eigenvalue weighted by molar-refractivity contribution is 0.266. The number of benzene rings is 1. The zero-order valence-corrected chi connectivity index (χ0v) is 13.7. The summed E-state index contributed by atoms with van der Waals surface area (Å²) in [6, 6.07) is 11.8. The van der Waals surface area contributed by atoms with Crippen molar-refractivity contribution in [2.24, 2.45) is 0 Å². The van der Waals surface area contributed by atoms with Crippen LogP contribution in [-0.2, 0) is 0 Å². The number of aromatic nitrogens is 2. The molecule has 124 valence electrons. The fourth-order valence-electron chi connectivity index (χ4n) is 3.06. The van der Waals surface area contributed by atoms with E-state index in [0.717, 1.165) is 36.6 Å². The van der Waals surface area contributed by atoms with Gasteiger partial charge in [0.05, 0.1) is 24.3 Å². The van der Waals surface area contributed by atoms with Gasteiger partial charge < -0.3 is 15.3 Å². The largest absolute Gasteiger partial charge is 0.394 e. The normalized spacial score (nSPS) is 18.2. The summed E-state index contributed by atoms with van der Waals surface area (Å²) in [5.74, 6) is 1.59. The molecule has 1 aromatic carbocycles. The number of aliphatic hydroxyl groups excluding tert-OH is 1. The average molecular weight is 323 g/mol. The van der Waals surface area contributed by atoms with Gasteiger partial charge in [-0.2, -0.15) is 5.26 Å². The van der Waals surface area contributed by atoms with Gasteiger partial charge in [0.1, 0.15) is 18.0 Å². The summed E-state index contributed by atoms with van der Waals surface area (Å²) in [4.78, 5) is 10.8. The molecule has 1 aromatic heterocycles. The van der Waals surface area contributed by atoms with Crippen molar-refractivity contribution in [3.63, 3.8) is 0 Å². The molecule has 0 bridgehead atoms. The van der Waals surface area contributed by atoms with Gasteiger partial charge in [0.2, 0.25) is 0 Å². The Hall–Kier alpha value is -2.65. The minimum absolute atomic E-state index is 0.0627. The van der Waals surface area contributed by atoms with E-state index in [2.05, 4.69) is 33.2 Å². The van der Waals surface area contributed by atoms with Gasteiger partial charge in [-0.05, 0) is 37.5 Å². The second-order valence-corrected chi connectivity index (χ2v) is 6.03. The van der Waals surface area contributed by atoms with Gasteiger partial charge in [-0.1, -0.05) is 12.1 Å². The van der Waals surface area contributed by atoms with Crippen LogP contribution < -0.4 is 10.2 Å². The summed E-state index contributed by atoms with van der Waals surface area (Å²) in [6.45, 7) is 3.11. The summed E-state index contributed by atoms with van der Waals surface area (Å²) in [6.07, 6.45) is 3.61. The molecule has 2 heterocycles. The second-order valence-electron chi connectivity index (χ2n) is 6.03. The number of aliphatic hydroxyl groups is 1. The molecule has 3 rings (SSSR count). The molecule has 1 aliphatic rings. The van der Waals surface area contributed by atoms with Gasteiger partial charge in [0, 0.05) is 18.7 Å². The third-order valence-corrected chi connectivity index (χ3v) is 4.44. The zero-order valence-electron chi connectivity index (χ0n) is 13.7. The van der Waals surface area contributed by atoms with Crippen molar-refractivity contribution in [3.8, 4) is 6.07 Å². The SMILES string of the molecule is C[C@@H](Nc1cc(N2CCC[C@H]2CO)ncn1)c1ccc(C#N)cc1. The molecule has 0 unspecified atom stereocenters. The molecular formula is C18H21N5O. The molecule has 6 nitrogen and oxygen atoms in total. The van der Waals surface area contributed by atoms with Gasteiger partial charge in [0.15, 0.2) is 0 Å². The third-order valence-electron chi connectivity index (χ3n) is 4.44. The standard InChI is InChI=1S/C18H21N5O/c1-13(15-6-4-14(10-19)5-7-15)22-17-9-18(21-12-20-17)23-8-2-3-16(23)11-24/h4-7,9,12-13,16,24H,2-3,8,11H2,1H3,(H,20,21,22)/t13-,16+/m1/s1. The van der Waals surface area contributed by atoms with Crippen LogP contribution in [0, 0.1) is 11.3 Å². The first-order valence-electron chi connectivity index (χ1n) is 8.17. The maximum atomic E-state index is 9.48. The lowest BCUT2D eigenvalue weighted by Crippen LogP contribution is -2.32. The van der Waals surface area contributed by atoms with E-state index in [1.807, 2.05) is 30.3 Å². The number of nitriles is 1. The Labute approximate surface area is 141 Å². The zero-order chi connectivity index (χ0) is 16.9. The Kier molecular flexibility index (Phi) is 4.92. The number of nitrogens with one attached hydrogen (secondary N) is 1. The van der Waals surface area contributed by atoms with Gasteiger partial charge in [-0.3, -0.25) is 0 Å². The molecule has 0 aliphatic carbocycles. The Morgan fingerprint density at radius 2 is 2.17 bits per heavy atom. The van der Waals surface area contributed by atoms with Crippen molar-refractivity contribution in [3.05, 3.63) is 47.8 Å². The van der Waals surface area contributed by atoms with Crippen molar-refractivity contribution >= 4 is 11.6 Å². The predicted octanol–water partition coefficient (Wildman–Crippen LogP) is 2.48. The highest BCUT2D eigenvalue weighted by Gasteiger charge is 2.25. The van der Waals surface area contributed by atoms with Gasteiger partial charge in [-0.15, -0.1) is 0 Å².